The molecule has 1 fully saturated rings. The van der Waals surface area contributed by atoms with Crippen LogP contribution < -0.4 is 31.7 Å². The first kappa shape index (κ1) is 49.9. The number of aryl methyl sites for hydroxylation is 1. The quantitative estimate of drug-likeness (QED) is 0.126. The van der Waals surface area contributed by atoms with Gasteiger partial charge >= 0.3 is 5.97 Å². The first-order valence-corrected chi connectivity index (χ1v) is 21.8. The number of esters is 1. The molecule has 0 bridgehead atoms. The van der Waals surface area contributed by atoms with Gasteiger partial charge in [-0.1, -0.05) is 89.6 Å². The number of hydrogen-bond donors (Lipinski definition) is 5. The van der Waals surface area contributed by atoms with E-state index in [2.05, 4.69) is 21.3 Å². The number of cyclic esters (lactones) is 1. The molecular weight excluding hydrogens is 814 g/mol. The van der Waals surface area contributed by atoms with Crippen molar-refractivity contribution in [1.29, 1.82) is 0 Å². The Balaban J connectivity index is 1.51. The number of ether oxygens (including phenoxy) is 3. The number of epoxide rings is 1. The molecule has 0 radical (unpaired) electrons. The number of Topliss-reactive ketones (excluding diaryl/α,β-unsaturated/α-hetero) is 1. The number of halogens is 1. The van der Waals surface area contributed by atoms with Gasteiger partial charge in [-0.05, 0) is 79.8 Å². The van der Waals surface area contributed by atoms with Crippen molar-refractivity contribution in [2.45, 2.75) is 137 Å². The lowest BCUT2D eigenvalue weighted by molar-refractivity contribution is -0.157. The normalized spacial score (nSPS) is 24.4. The van der Waals surface area contributed by atoms with Gasteiger partial charge in [0.05, 0.1) is 35.7 Å². The Kier molecular flexibility index (Phi) is 17.3. The molecule has 0 saturated carbocycles. The maximum Gasteiger partial charge on any atom is 0.328 e. The molecule has 0 aliphatic carbocycles. The van der Waals surface area contributed by atoms with Gasteiger partial charge in [-0.3, -0.25) is 24.0 Å². The predicted octanol–water partition coefficient (Wildman–Crippen LogP) is 5.08. The Hall–Kier alpha value is -4.79. The van der Waals surface area contributed by atoms with Gasteiger partial charge in [-0.25, -0.2) is 4.79 Å². The van der Waals surface area contributed by atoms with E-state index >= 15 is 0 Å². The molecule has 15 heteroatoms. The van der Waals surface area contributed by atoms with E-state index in [1.54, 1.807) is 45.0 Å². The summed E-state index contributed by atoms with van der Waals surface area (Å²) >= 11 is 6.37. The van der Waals surface area contributed by atoms with Crippen molar-refractivity contribution in [2.75, 3.05) is 13.7 Å². The minimum absolute atomic E-state index is 0.0465. The molecule has 0 aromatic heterocycles. The van der Waals surface area contributed by atoms with Crippen LogP contribution in [0, 0.1) is 22.7 Å². The van der Waals surface area contributed by atoms with Crippen molar-refractivity contribution >= 4 is 47.0 Å². The van der Waals surface area contributed by atoms with Crippen molar-refractivity contribution in [3.05, 3.63) is 76.3 Å². The molecule has 14 nitrogen and oxygen atoms in total. The molecule has 2 aliphatic heterocycles. The third-order valence-corrected chi connectivity index (χ3v) is 11.7. The van der Waals surface area contributed by atoms with Crippen LogP contribution in [0.25, 0.3) is 0 Å². The molecule has 2 heterocycles. The van der Waals surface area contributed by atoms with Crippen LogP contribution in [0.2, 0.25) is 5.02 Å². The van der Waals surface area contributed by atoms with E-state index in [9.17, 15) is 28.8 Å². The van der Waals surface area contributed by atoms with E-state index in [4.69, 9.17) is 31.5 Å². The Labute approximate surface area is 371 Å². The molecule has 2 aromatic carbocycles. The molecule has 8 atom stereocenters. The van der Waals surface area contributed by atoms with Crippen LogP contribution in [-0.4, -0.2) is 85.4 Å². The molecule has 2 aromatic rings. The number of ketones is 1. The van der Waals surface area contributed by atoms with E-state index in [0.29, 0.717) is 22.8 Å². The van der Waals surface area contributed by atoms with Gasteiger partial charge in [-0.15, -0.1) is 0 Å². The average Bonchev–Trinajstić information content (AvgIpc) is 4.01. The Morgan fingerprint density at radius 3 is 2.26 bits per heavy atom. The molecule has 4 rings (SSSR count). The number of nitrogens with two attached hydrogens (primary N) is 1. The predicted molar refractivity (Wildman–Crippen MR) is 237 cm³/mol. The number of methoxy groups -OCH3 is 1. The maximum absolute atomic E-state index is 14.0. The summed E-state index contributed by atoms with van der Waals surface area (Å²) in [6.07, 6.45) is 2.85. The summed E-state index contributed by atoms with van der Waals surface area (Å²) in [6.45, 7) is 16.4. The highest BCUT2D eigenvalue weighted by atomic mass is 35.5. The Morgan fingerprint density at radius 2 is 1.65 bits per heavy atom. The zero-order valence-electron chi connectivity index (χ0n) is 37.8. The van der Waals surface area contributed by atoms with E-state index in [1.807, 2.05) is 65.8 Å². The van der Waals surface area contributed by atoms with Gasteiger partial charge in [0.2, 0.25) is 23.6 Å². The van der Waals surface area contributed by atoms with Gasteiger partial charge in [0, 0.05) is 31.7 Å². The molecule has 4 amide bonds. The van der Waals surface area contributed by atoms with Gasteiger partial charge in [0.25, 0.3) is 0 Å². The summed E-state index contributed by atoms with van der Waals surface area (Å²) in [5.74, 6) is -2.44. The summed E-state index contributed by atoms with van der Waals surface area (Å²) < 4.78 is 17.7. The molecule has 0 unspecified atom stereocenters. The van der Waals surface area contributed by atoms with Gasteiger partial charge in [0.1, 0.15) is 30.0 Å². The number of nitrogens with one attached hydrogen (secondary N) is 4. The molecule has 6 N–H and O–H groups in total. The maximum atomic E-state index is 14.0. The number of carbonyl (C=O) groups excluding carboxylic acids is 6. The number of rotatable bonds is 14. The summed E-state index contributed by atoms with van der Waals surface area (Å²) in [6, 6.07) is 9.54. The summed E-state index contributed by atoms with van der Waals surface area (Å²) in [5.41, 5.74) is 6.95. The lowest BCUT2D eigenvalue weighted by atomic mass is 9.86. The fourth-order valence-corrected chi connectivity index (χ4v) is 7.42. The van der Waals surface area contributed by atoms with Crippen molar-refractivity contribution in [3.8, 4) is 5.75 Å². The zero-order chi connectivity index (χ0) is 46.1. The molecule has 340 valence electrons. The van der Waals surface area contributed by atoms with Crippen LogP contribution >= 0.6 is 11.6 Å². The van der Waals surface area contributed by atoms with Crippen LogP contribution in [0.15, 0.2) is 54.6 Å². The number of benzene rings is 2. The van der Waals surface area contributed by atoms with Crippen molar-refractivity contribution in [1.82, 2.24) is 21.3 Å². The number of amides is 4. The largest absolute Gasteiger partial charge is 0.495 e. The highest BCUT2D eigenvalue weighted by molar-refractivity contribution is 6.32. The average molecular weight is 881 g/mol. The lowest BCUT2D eigenvalue weighted by Gasteiger charge is -2.32. The second-order valence-corrected chi connectivity index (χ2v) is 19.2. The first-order chi connectivity index (χ1) is 29.0. The summed E-state index contributed by atoms with van der Waals surface area (Å²) in [5, 5.41) is 11.6. The van der Waals surface area contributed by atoms with Crippen LogP contribution in [0.5, 0.6) is 5.75 Å². The lowest BCUT2D eigenvalue weighted by Crippen LogP contribution is -2.54. The van der Waals surface area contributed by atoms with Crippen LogP contribution in [-0.2, 0) is 51.1 Å². The van der Waals surface area contributed by atoms with Gasteiger partial charge in [-0.2, -0.15) is 0 Å². The SMILES string of the molecule is COc1ccc(C[C@H]2NC(=O)/C=C/C[C@@H]([C@H](C)[C@H]3O[C@@H]3c3ccc(CCC(=O)[C@H](C)NC(=O)[C@@H](N)C(C)C)cc3)OC(=O)[C@H](CC(C)(C)C)NC(=O)C(C)(C)CNC2=O)cc1Cl. The molecule has 0 spiro atoms. The Morgan fingerprint density at radius 1 is 0.984 bits per heavy atom. The van der Waals surface area contributed by atoms with E-state index in [-0.39, 0.29) is 73.4 Å². The number of hydrogen-bond acceptors (Lipinski definition) is 10. The summed E-state index contributed by atoms with van der Waals surface area (Å²) in [4.78, 5) is 80.0. The molecule has 1 saturated heterocycles. The van der Waals surface area contributed by atoms with Crippen molar-refractivity contribution in [3.63, 3.8) is 0 Å². The highest BCUT2D eigenvalue weighted by Gasteiger charge is 2.48. The van der Waals surface area contributed by atoms with E-state index in [0.717, 1.165) is 11.1 Å². The van der Waals surface area contributed by atoms with Gasteiger partial charge in [0.15, 0.2) is 5.78 Å². The van der Waals surface area contributed by atoms with E-state index in [1.165, 1.54) is 13.2 Å². The highest BCUT2D eigenvalue weighted by Crippen LogP contribution is 2.45. The third-order valence-electron chi connectivity index (χ3n) is 11.4. The van der Waals surface area contributed by atoms with Crippen LogP contribution in [0.1, 0.15) is 104 Å². The summed E-state index contributed by atoms with van der Waals surface area (Å²) in [7, 11) is 1.50. The van der Waals surface area contributed by atoms with Gasteiger partial charge < -0.3 is 41.2 Å². The Bertz CT molecular complexity index is 1960. The third kappa shape index (κ3) is 14.4. The second-order valence-electron chi connectivity index (χ2n) is 18.8. The van der Waals surface area contributed by atoms with Crippen molar-refractivity contribution < 1.29 is 43.0 Å². The van der Waals surface area contributed by atoms with Crippen LogP contribution in [0.3, 0.4) is 0 Å². The minimum Gasteiger partial charge on any atom is -0.495 e. The monoisotopic (exact) mass is 879 g/mol. The second kappa shape index (κ2) is 21.5. The smallest absolute Gasteiger partial charge is 0.328 e. The molecule has 62 heavy (non-hydrogen) atoms. The molecular formula is C47H66ClN5O9. The van der Waals surface area contributed by atoms with Crippen molar-refractivity contribution in [2.24, 2.45) is 28.4 Å². The fourth-order valence-electron chi connectivity index (χ4n) is 7.14. The number of carbonyl (C=O) groups is 6. The fraction of sp³-hybridized carbons (Fsp3) is 0.574. The minimum atomic E-state index is -1.15. The standard InChI is InChI=1S/C47H66ClN5O9/c1-26(2)39(49)43(57)51-28(4)35(54)20-16-29-14-18-31(19-15-29)41-40(62-41)27(3)36-12-11-13-38(55)52-33(23-30-17-21-37(60-10)32(48)22-30)42(56)50-25-47(8,9)45(59)53-34(44(58)61-36)24-46(5,6)7/h11,13-15,17-19,21-22,26-28,33-34,36,39-41H,12,16,20,23-25,49H2,1-10H3,(H,50,56)(H,51,57)(H,52,55)(H,53,59)/b13-11+/t27-,28-,33+,34-,36-,39-,40+,41+/m0/s1. The molecule has 2 aliphatic rings. The topological polar surface area (TPSA) is 208 Å². The first-order valence-electron chi connectivity index (χ1n) is 21.4. The van der Waals surface area contributed by atoms with E-state index < -0.39 is 59.4 Å². The zero-order valence-corrected chi connectivity index (χ0v) is 38.5. The van der Waals surface area contributed by atoms with Crippen LogP contribution in [0.4, 0.5) is 0 Å².